The van der Waals surface area contributed by atoms with Crippen molar-refractivity contribution in [3.05, 3.63) is 53.6 Å². The number of piperidine rings is 1. The van der Waals surface area contributed by atoms with E-state index in [-0.39, 0.29) is 18.0 Å². The molecule has 128 valence electrons. The molecule has 1 fully saturated rings. The average Bonchev–Trinajstić information content (AvgIpc) is 2.60. The molecule has 0 saturated carbocycles. The number of rotatable bonds is 5. The van der Waals surface area contributed by atoms with Crippen LogP contribution in [0.1, 0.15) is 24.0 Å². The Morgan fingerprint density at radius 3 is 2.58 bits per heavy atom. The molecule has 0 spiro atoms. The van der Waals surface area contributed by atoms with Crippen molar-refractivity contribution in [2.75, 3.05) is 18.9 Å². The maximum absolute atomic E-state index is 13.1. The lowest BCUT2D eigenvalue weighted by Gasteiger charge is -2.39. The zero-order chi connectivity index (χ0) is 16.9. The largest absolute Gasteiger partial charge is 0.391 e. The van der Waals surface area contributed by atoms with E-state index in [1.165, 1.54) is 12.1 Å². The van der Waals surface area contributed by atoms with Gasteiger partial charge in [0.1, 0.15) is 5.82 Å². The second kappa shape index (κ2) is 7.68. The molecule has 5 nitrogen and oxygen atoms in total. The number of halogens is 1. The SMILES string of the molecule is CNc1ncc(CN2CCC[C@H](O)[C@@H]2Cc2ccc(F)cc2)cn1. The van der Waals surface area contributed by atoms with Crippen LogP contribution in [0.4, 0.5) is 10.3 Å². The Bertz CT molecular complexity index is 647. The number of nitrogens with zero attached hydrogens (tertiary/aromatic N) is 3. The molecule has 2 heterocycles. The monoisotopic (exact) mass is 330 g/mol. The number of hydrogen-bond donors (Lipinski definition) is 2. The Labute approximate surface area is 141 Å². The van der Waals surface area contributed by atoms with Crippen molar-refractivity contribution in [1.29, 1.82) is 0 Å². The third-order valence-corrected chi connectivity index (χ3v) is 4.53. The lowest BCUT2D eigenvalue weighted by molar-refractivity contribution is 0.00663. The summed E-state index contributed by atoms with van der Waals surface area (Å²) in [4.78, 5) is 10.8. The average molecular weight is 330 g/mol. The summed E-state index contributed by atoms with van der Waals surface area (Å²) in [6, 6.07) is 6.55. The van der Waals surface area contributed by atoms with E-state index in [0.717, 1.165) is 30.5 Å². The molecule has 3 rings (SSSR count). The van der Waals surface area contributed by atoms with Crippen molar-refractivity contribution in [3.63, 3.8) is 0 Å². The number of aromatic nitrogens is 2. The van der Waals surface area contributed by atoms with Gasteiger partial charge in [-0.25, -0.2) is 14.4 Å². The number of anilines is 1. The molecule has 1 aliphatic heterocycles. The summed E-state index contributed by atoms with van der Waals surface area (Å²) in [7, 11) is 1.79. The van der Waals surface area contributed by atoms with E-state index in [4.69, 9.17) is 0 Å². The van der Waals surface area contributed by atoms with Gasteiger partial charge in [-0.15, -0.1) is 0 Å². The summed E-state index contributed by atoms with van der Waals surface area (Å²) in [5.41, 5.74) is 2.06. The predicted molar refractivity (Wildman–Crippen MR) is 91.1 cm³/mol. The van der Waals surface area contributed by atoms with E-state index in [9.17, 15) is 9.50 Å². The van der Waals surface area contributed by atoms with Crippen molar-refractivity contribution in [1.82, 2.24) is 14.9 Å². The topological polar surface area (TPSA) is 61.3 Å². The first kappa shape index (κ1) is 16.8. The van der Waals surface area contributed by atoms with Gasteiger partial charge in [-0.05, 0) is 43.5 Å². The summed E-state index contributed by atoms with van der Waals surface area (Å²) >= 11 is 0. The first-order valence-electron chi connectivity index (χ1n) is 8.31. The number of benzene rings is 1. The van der Waals surface area contributed by atoms with Crippen LogP contribution in [0.3, 0.4) is 0 Å². The molecule has 2 N–H and O–H groups in total. The Morgan fingerprint density at radius 1 is 1.21 bits per heavy atom. The fourth-order valence-corrected chi connectivity index (χ4v) is 3.23. The molecule has 0 radical (unpaired) electrons. The highest BCUT2D eigenvalue weighted by Gasteiger charge is 2.30. The molecule has 24 heavy (non-hydrogen) atoms. The summed E-state index contributed by atoms with van der Waals surface area (Å²) < 4.78 is 13.1. The highest BCUT2D eigenvalue weighted by molar-refractivity contribution is 5.23. The normalized spacial score (nSPS) is 21.6. The van der Waals surface area contributed by atoms with Crippen LogP contribution in [-0.4, -0.2) is 45.7 Å². The summed E-state index contributed by atoms with van der Waals surface area (Å²) in [6.45, 7) is 1.63. The van der Waals surface area contributed by atoms with E-state index in [0.29, 0.717) is 18.9 Å². The van der Waals surface area contributed by atoms with E-state index in [2.05, 4.69) is 20.2 Å². The third kappa shape index (κ3) is 4.07. The van der Waals surface area contributed by atoms with Crippen LogP contribution in [0.25, 0.3) is 0 Å². The van der Waals surface area contributed by atoms with Crippen LogP contribution in [0.5, 0.6) is 0 Å². The van der Waals surface area contributed by atoms with E-state index in [1.807, 2.05) is 12.4 Å². The van der Waals surface area contributed by atoms with Crippen molar-refractivity contribution >= 4 is 5.95 Å². The van der Waals surface area contributed by atoms with Gasteiger partial charge in [0.25, 0.3) is 0 Å². The minimum Gasteiger partial charge on any atom is -0.391 e. The second-order valence-electron chi connectivity index (χ2n) is 6.24. The van der Waals surface area contributed by atoms with Gasteiger partial charge in [0.05, 0.1) is 6.10 Å². The maximum Gasteiger partial charge on any atom is 0.222 e. The molecule has 1 aromatic carbocycles. The predicted octanol–water partition coefficient (Wildman–Crippen LogP) is 2.23. The van der Waals surface area contributed by atoms with Gasteiger partial charge in [0.15, 0.2) is 0 Å². The van der Waals surface area contributed by atoms with Crippen LogP contribution < -0.4 is 5.32 Å². The van der Waals surface area contributed by atoms with Gasteiger partial charge in [0, 0.05) is 37.6 Å². The summed E-state index contributed by atoms with van der Waals surface area (Å²) in [5.74, 6) is 0.363. The minimum absolute atomic E-state index is 0.0215. The Balaban J connectivity index is 1.72. The number of aliphatic hydroxyl groups excluding tert-OH is 1. The van der Waals surface area contributed by atoms with Gasteiger partial charge in [-0.3, -0.25) is 4.90 Å². The van der Waals surface area contributed by atoms with Gasteiger partial charge in [-0.1, -0.05) is 12.1 Å². The van der Waals surface area contributed by atoms with Crippen LogP contribution >= 0.6 is 0 Å². The second-order valence-corrected chi connectivity index (χ2v) is 6.24. The summed E-state index contributed by atoms with van der Waals surface area (Å²) in [6.07, 6.45) is 5.73. The van der Waals surface area contributed by atoms with Crippen molar-refractivity contribution in [2.24, 2.45) is 0 Å². The smallest absolute Gasteiger partial charge is 0.222 e. The molecule has 6 heteroatoms. The van der Waals surface area contributed by atoms with Gasteiger partial charge < -0.3 is 10.4 Å². The van der Waals surface area contributed by atoms with Crippen LogP contribution in [0.15, 0.2) is 36.7 Å². The zero-order valence-electron chi connectivity index (χ0n) is 13.8. The molecule has 2 atom stereocenters. The highest BCUT2D eigenvalue weighted by Crippen LogP contribution is 2.23. The van der Waals surface area contributed by atoms with Gasteiger partial charge in [-0.2, -0.15) is 0 Å². The fraction of sp³-hybridized carbons (Fsp3) is 0.444. The minimum atomic E-state index is -0.374. The fourth-order valence-electron chi connectivity index (χ4n) is 3.23. The Kier molecular flexibility index (Phi) is 5.37. The number of likely N-dealkylation sites (tertiary alicyclic amines) is 1. The first-order chi connectivity index (χ1) is 11.7. The van der Waals surface area contributed by atoms with Crippen molar-refractivity contribution < 1.29 is 9.50 Å². The lowest BCUT2D eigenvalue weighted by Crippen LogP contribution is -2.48. The molecule has 1 saturated heterocycles. The Morgan fingerprint density at radius 2 is 1.92 bits per heavy atom. The lowest BCUT2D eigenvalue weighted by atomic mass is 9.92. The molecule has 1 aromatic heterocycles. The molecule has 1 aliphatic rings. The molecule has 0 amide bonds. The van der Waals surface area contributed by atoms with Gasteiger partial charge >= 0.3 is 0 Å². The first-order valence-corrected chi connectivity index (χ1v) is 8.31. The molecular weight excluding hydrogens is 307 g/mol. The van der Waals surface area contributed by atoms with Crippen LogP contribution in [0.2, 0.25) is 0 Å². The number of nitrogens with one attached hydrogen (secondary N) is 1. The third-order valence-electron chi connectivity index (χ3n) is 4.53. The molecule has 0 bridgehead atoms. The molecule has 0 unspecified atom stereocenters. The van der Waals surface area contributed by atoms with E-state index in [1.54, 1.807) is 19.2 Å². The summed E-state index contributed by atoms with van der Waals surface area (Å²) in [5, 5.41) is 13.4. The molecular formula is C18H23FN4O. The molecule has 2 aromatic rings. The quantitative estimate of drug-likeness (QED) is 0.880. The maximum atomic E-state index is 13.1. The molecule has 0 aliphatic carbocycles. The van der Waals surface area contributed by atoms with Crippen molar-refractivity contribution in [3.8, 4) is 0 Å². The zero-order valence-corrected chi connectivity index (χ0v) is 13.8. The van der Waals surface area contributed by atoms with Crippen LogP contribution in [0, 0.1) is 5.82 Å². The number of hydrogen-bond acceptors (Lipinski definition) is 5. The van der Waals surface area contributed by atoms with Crippen LogP contribution in [-0.2, 0) is 13.0 Å². The van der Waals surface area contributed by atoms with Gasteiger partial charge in [0.2, 0.25) is 5.95 Å². The standard InChI is InChI=1S/C18H23FN4O/c1-20-18-21-10-14(11-22-18)12-23-8-2-3-17(24)16(23)9-13-4-6-15(19)7-5-13/h4-7,10-11,16-17,24H,2-3,8-9,12H2,1H3,(H,20,21,22)/t16-,17-/m0/s1. The van der Waals surface area contributed by atoms with E-state index >= 15 is 0 Å². The van der Waals surface area contributed by atoms with E-state index < -0.39 is 0 Å². The number of aliphatic hydroxyl groups is 1. The van der Waals surface area contributed by atoms with Crippen molar-refractivity contribution in [2.45, 2.75) is 38.0 Å². The Hall–Kier alpha value is -2.05. The highest BCUT2D eigenvalue weighted by atomic mass is 19.1.